The second kappa shape index (κ2) is 8.15. The van der Waals surface area contributed by atoms with Gasteiger partial charge in [0.2, 0.25) is 15.9 Å². The Morgan fingerprint density at radius 2 is 2.00 bits per heavy atom. The van der Waals surface area contributed by atoms with Crippen molar-refractivity contribution in [2.75, 3.05) is 39.3 Å². The molecule has 26 heavy (non-hydrogen) atoms. The number of hydrogen-bond donors (Lipinski definition) is 3. The van der Waals surface area contributed by atoms with Crippen molar-refractivity contribution in [3.63, 3.8) is 0 Å². The fourth-order valence-electron chi connectivity index (χ4n) is 3.20. The number of benzene rings is 1. The van der Waals surface area contributed by atoms with Crippen LogP contribution in [0.15, 0.2) is 29.2 Å². The smallest absolute Gasteiger partial charge is 0.251 e. The van der Waals surface area contributed by atoms with Crippen LogP contribution in [-0.4, -0.2) is 63.8 Å². The highest BCUT2D eigenvalue weighted by Gasteiger charge is 2.29. The van der Waals surface area contributed by atoms with E-state index in [9.17, 15) is 18.0 Å². The summed E-state index contributed by atoms with van der Waals surface area (Å²) >= 11 is 0. The van der Waals surface area contributed by atoms with Crippen LogP contribution in [-0.2, 0) is 14.8 Å². The lowest BCUT2D eigenvalue weighted by Crippen LogP contribution is -2.49. The summed E-state index contributed by atoms with van der Waals surface area (Å²) in [4.78, 5) is 23.7. The first-order valence-electron chi connectivity index (χ1n) is 8.82. The number of carbonyl (C=O) groups is 2. The maximum Gasteiger partial charge on any atom is 0.251 e. The van der Waals surface area contributed by atoms with Crippen LogP contribution in [0, 0.1) is 5.92 Å². The predicted molar refractivity (Wildman–Crippen MR) is 96.1 cm³/mol. The number of carbonyl (C=O) groups excluding carboxylic acids is 2. The van der Waals surface area contributed by atoms with E-state index in [4.69, 9.17) is 0 Å². The lowest BCUT2D eigenvalue weighted by molar-refractivity contribution is -0.122. The van der Waals surface area contributed by atoms with Gasteiger partial charge in [-0.25, -0.2) is 8.42 Å². The van der Waals surface area contributed by atoms with E-state index < -0.39 is 10.0 Å². The minimum atomic E-state index is -3.73. The van der Waals surface area contributed by atoms with Crippen molar-refractivity contribution in [3.8, 4) is 0 Å². The number of nitrogens with one attached hydrogen (secondary N) is 3. The minimum absolute atomic E-state index is 0.0841. The second-order valence-corrected chi connectivity index (χ2v) is 8.55. The Morgan fingerprint density at radius 3 is 2.65 bits per heavy atom. The van der Waals surface area contributed by atoms with E-state index in [2.05, 4.69) is 16.0 Å². The zero-order valence-corrected chi connectivity index (χ0v) is 15.3. The van der Waals surface area contributed by atoms with Gasteiger partial charge >= 0.3 is 0 Å². The van der Waals surface area contributed by atoms with Crippen LogP contribution in [0.25, 0.3) is 0 Å². The lowest BCUT2D eigenvalue weighted by Gasteiger charge is -2.25. The van der Waals surface area contributed by atoms with E-state index in [1.165, 1.54) is 24.3 Å². The molecule has 2 aliphatic rings. The number of hydrogen-bond acceptors (Lipinski definition) is 5. The first-order chi connectivity index (χ1) is 12.5. The molecule has 0 radical (unpaired) electrons. The van der Waals surface area contributed by atoms with Crippen molar-refractivity contribution in [3.05, 3.63) is 29.8 Å². The van der Waals surface area contributed by atoms with Crippen LogP contribution in [0.4, 0.5) is 0 Å². The fraction of sp³-hybridized carbons (Fsp3) is 0.529. The second-order valence-electron chi connectivity index (χ2n) is 6.62. The molecule has 1 atom stereocenters. The molecule has 1 unspecified atom stereocenters. The van der Waals surface area contributed by atoms with Crippen LogP contribution in [0.5, 0.6) is 0 Å². The molecule has 0 aromatic heterocycles. The average Bonchev–Trinajstić information content (AvgIpc) is 3.15. The summed E-state index contributed by atoms with van der Waals surface area (Å²) in [6.45, 7) is 3.00. The van der Waals surface area contributed by atoms with Crippen LogP contribution in [0.3, 0.4) is 0 Å². The molecular weight excluding hydrogens is 356 g/mol. The van der Waals surface area contributed by atoms with Gasteiger partial charge in [0.1, 0.15) is 0 Å². The molecule has 0 spiro atoms. The molecule has 0 aliphatic carbocycles. The predicted octanol–water partition coefficient (Wildman–Crippen LogP) is -0.463. The van der Waals surface area contributed by atoms with E-state index >= 15 is 0 Å². The van der Waals surface area contributed by atoms with Crippen LogP contribution in [0.2, 0.25) is 0 Å². The number of sulfonamides is 1. The molecule has 3 N–H and O–H groups in total. The van der Waals surface area contributed by atoms with Crippen LogP contribution < -0.4 is 16.0 Å². The normalized spacial score (nSPS) is 21.4. The fourth-order valence-corrected chi connectivity index (χ4v) is 4.60. The van der Waals surface area contributed by atoms with E-state index in [1.807, 2.05) is 0 Å². The quantitative estimate of drug-likeness (QED) is 0.619. The van der Waals surface area contributed by atoms with Crippen molar-refractivity contribution < 1.29 is 18.0 Å². The summed E-state index contributed by atoms with van der Waals surface area (Å²) in [6.07, 6.45) is 2.07. The Labute approximate surface area is 153 Å². The highest BCUT2D eigenvalue weighted by Crippen LogP contribution is 2.17. The summed E-state index contributed by atoms with van der Waals surface area (Å²) in [7, 11) is -3.73. The van der Waals surface area contributed by atoms with E-state index in [-0.39, 0.29) is 29.8 Å². The third-order valence-corrected chi connectivity index (χ3v) is 6.62. The molecule has 2 heterocycles. The summed E-state index contributed by atoms with van der Waals surface area (Å²) < 4.78 is 26.3. The lowest BCUT2D eigenvalue weighted by atomic mass is 10.1. The molecule has 1 aromatic carbocycles. The van der Waals surface area contributed by atoms with Crippen molar-refractivity contribution in [2.24, 2.45) is 5.92 Å². The van der Waals surface area contributed by atoms with Crippen LogP contribution >= 0.6 is 0 Å². The first kappa shape index (κ1) is 18.8. The van der Waals surface area contributed by atoms with Crippen molar-refractivity contribution in [1.82, 2.24) is 20.3 Å². The largest absolute Gasteiger partial charge is 0.354 e. The third-order valence-electron chi connectivity index (χ3n) is 4.76. The molecule has 3 rings (SSSR count). The van der Waals surface area contributed by atoms with E-state index in [0.717, 1.165) is 30.2 Å². The first-order valence-corrected chi connectivity index (χ1v) is 10.3. The molecular formula is C17H24N4O4S. The molecule has 2 fully saturated rings. The Balaban J connectivity index is 1.58. The molecule has 2 aliphatic heterocycles. The van der Waals surface area contributed by atoms with Gasteiger partial charge in [-0.15, -0.1) is 0 Å². The molecule has 2 amide bonds. The van der Waals surface area contributed by atoms with Crippen molar-refractivity contribution >= 4 is 21.8 Å². The van der Waals surface area contributed by atoms with E-state index in [1.54, 1.807) is 0 Å². The Bertz CT molecular complexity index is 757. The Morgan fingerprint density at radius 1 is 1.23 bits per heavy atom. The van der Waals surface area contributed by atoms with Gasteiger partial charge < -0.3 is 16.0 Å². The molecule has 8 nitrogen and oxygen atoms in total. The zero-order valence-electron chi connectivity index (χ0n) is 14.5. The Kier molecular flexibility index (Phi) is 5.90. The van der Waals surface area contributed by atoms with Gasteiger partial charge in [0.05, 0.1) is 11.4 Å². The molecule has 142 valence electrons. The summed E-state index contributed by atoms with van der Waals surface area (Å²) in [5.74, 6) is 0.0788. The molecule has 2 saturated heterocycles. The van der Waals surface area contributed by atoms with Gasteiger partial charge in [0.25, 0.3) is 5.91 Å². The van der Waals surface area contributed by atoms with Gasteiger partial charge in [-0.3, -0.25) is 9.59 Å². The van der Waals surface area contributed by atoms with Gasteiger partial charge in [0.15, 0.2) is 0 Å². The minimum Gasteiger partial charge on any atom is -0.354 e. The summed E-state index contributed by atoms with van der Waals surface area (Å²) in [5.41, 5.74) is 0.421. The maximum atomic E-state index is 12.6. The highest BCUT2D eigenvalue weighted by molar-refractivity contribution is 7.89. The van der Waals surface area contributed by atoms with Crippen molar-refractivity contribution in [2.45, 2.75) is 17.7 Å². The average molecular weight is 380 g/mol. The Hall–Kier alpha value is -1.97. The van der Waals surface area contributed by atoms with E-state index in [0.29, 0.717) is 24.6 Å². The number of amides is 2. The van der Waals surface area contributed by atoms with Crippen molar-refractivity contribution in [1.29, 1.82) is 0 Å². The molecule has 0 saturated carbocycles. The third kappa shape index (κ3) is 4.40. The van der Waals surface area contributed by atoms with Gasteiger partial charge in [-0.2, -0.15) is 4.31 Å². The molecule has 9 heteroatoms. The zero-order chi connectivity index (χ0) is 18.6. The maximum absolute atomic E-state index is 12.6. The molecule has 0 bridgehead atoms. The standard InChI is InChI=1S/C17H24N4O4S/c22-16-12-21(10-9-19-16)26(24,25)15-3-1-14(2-4-15)17(23)20-8-6-13-5-7-18-11-13/h1-4,13,18H,5-12H2,(H,19,22)(H,20,23). The highest BCUT2D eigenvalue weighted by atomic mass is 32.2. The topological polar surface area (TPSA) is 108 Å². The SMILES string of the molecule is O=C1CN(S(=O)(=O)c2ccc(C(=O)NCCC3CCNC3)cc2)CCN1. The van der Waals surface area contributed by atoms with Gasteiger partial charge in [-0.05, 0) is 56.1 Å². The molecule has 1 aromatic rings. The van der Waals surface area contributed by atoms with Gasteiger partial charge in [-0.1, -0.05) is 0 Å². The number of nitrogens with zero attached hydrogens (tertiary/aromatic N) is 1. The summed E-state index contributed by atoms with van der Waals surface area (Å²) in [5, 5.41) is 8.76. The van der Waals surface area contributed by atoms with Crippen LogP contribution in [0.1, 0.15) is 23.2 Å². The summed E-state index contributed by atoms with van der Waals surface area (Å²) in [6, 6.07) is 5.84. The monoisotopic (exact) mass is 380 g/mol. The number of rotatable bonds is 6. The van der Waals surface area contributed by atoms with Gasteiger partial charge in [0, 0.05) is 25.2 Å². The number of piperazine rings is 1.